The van der Waals surface area contributed by atoms with Gasteiger partial charge in [0.05, 0.1) is 28.8 Å². The maximum absolute atomic E-state index is 13.3. The molecule has 30 heavy (non-hydrogen) atoms. The highest BCUT2D eigenvalue weighted by Gasteiger charge is 2.29. The van der Waals surface area contributed by atoms with Crippen LogP contribution in [-0.2, 0) is 10.4 Å². The molecule has 1 fully saturated rings. The van der Waals surface area contributed by atoms with E-state index in [1.54, 1.807) is 24.9 Å². The Balaban J connectivity index is 1.71. The number of carbonyl (C=O) groups excluding carboxylic acids is 2. The second kappa shape index (κ2) is 7.57. The number of carbonyl (C=O) groups is 2. The van der Waals surface area contributed by atoms with E-state index in [4.69, 9.17) is 5.73 Å². The van der Waals surface area contributed by atoms with Crippen molar-refractivity contribution in [2.75, 3.05) is 13.1 Å². The van der Waals surface area contributed by atoms with Gasteiger partial charge in [0.1, 0.15) is 0 Å². The zero-order chi connectivity index (χ0) is 21.5. The quantitative estimate of drug-likeness (QED) is 0.618. The number of rotatable bonds is 4. The molecule has 0 bridgehead atoms. The van der Waals surface area contributed by atoms with E-state index in [-0.39, 0.29) is 17.7 Å². The molecule has 1 aromatic heterocycles. The summed E-state index contributed by atoms with van der Waals surface area (Å²) in [5.74, 6) is -0.788. The highest BCUT2D eigenvalue weighted by Crippen LogP contribution is 2.30. The van der Waals surface area contributed by atoms with Crippen LogP contribution in [0.25, 0.3) is 22.0 Å². The third kappa shape index (κ3) is 3.80. The van der Waals surface area contributed by atoms with E-state index in [0.29, 0.717) is 25.1 Å². The van der Waals surface area contributed by atoms with Gasteiger partial charge in [-0.15, -0.1) is 0 Å². The molecule has 156 valence electrons. The topological polar surface area (TPSA) is 112 Å². The lowest BCUT2D eigenvalue weighted by molar-refractivity contribution is -0.123. The van der Waals surface area contributed by atoms with Crippen LogP contribution in [0, 0.1) is 5.92 Å². The molecule has 0 radical (unpaired) electrons. The van der Waals surface area contributed by atoms with Gasteiger partial charge >= 0.3 is 0 Å². The summed E-state index contributed by atoms with van der Waals surface area (Å²) in [5.41, 5.74) is 8.50. The number of aromatic nitrogens is 2. The van der Waals surface area contributed by atoms with Crippen molar-refractivity contribution < 1.29 is 14.7 Å². The highest BCUT2D eigenvalue weighted by molar-refractivity contribution is 6.08. The Morgan fingerprint density at radius 1 is 1.20 bits per heavy atom. The third-order valence-corrected chi connectivity index (χ3v) is 5.82. The van der Waals surface area contributed by atoms with E-state index in [0.717, 1.165) is 34.0 Å². The van der Waals surface area contributed by atoms with E-state index in [9.17, 15) is 14.7 Å². The van der Waals surface area contributed by atoms with Gasteiger partial charge in [-0.2, -0.15) is 5.10 Å². The fourth-order valence-electron chi connectivity index (χ4n) is 4.03. The normalized spacial score (nSPS) is 17.3. The molecule has 2 heterocycles. The van der Waals surface area contributed by atoms with Gasteiger partial charge in [-0.3, -0.25) is 14.7 Å². The summed E-state index contributed by atoms with van der Waals surface area (Å²) >= 11 is 0. The molecule has 4 N–H and O–H groups in total. The van der Waals surface area contributed by atoms with Gasteiger partial charge in [0.15, 0.2) is 0 Å². The highest BCUT2D eigenvalue weighted by atomic mass is 16.3. The molecule has 1 saturated heterocycles. The molecule has 7 heteroatoms. The molecule has 1 unspecified atom stereocenters. The Labute approximate surface area is 174 Å². The van der Waals surface area contributed by atoms with Crippen LogP contribution in [0.15, 0.2) is 42.6 Å². The van der Waals surface area contributed by atoms with Gasteiger partial charge < -0.3 is 15.7 Å². The minimum Gasteiger partial charge on any atom is -0.386 e. The zero-order valence-corrected chi connectivity index (χ0v) is 17.2. The van der Waals surface area contributed by atoms with Crippen molar-refractivity contribution in [2.24, 2.45) is 11.7 Å². The predicted molar refractivity (Wildman–Crippen MR) is 115 cm³/mol. The van der Waals surface area contributed by atoms with Crippen molar-refractivity contribution in [1.82, 2.24) is 15.1 Å². The van der Waals surface area contributed by atoms with Crippen LogP contribution in [0.2, 0.25) is 0 Å². The second-order valence-corrected chi connectivity index (χ2v) is 8.48. The van der Waals surface area contributed by atoms with Gasteiger partial charge in [0.2, 0.25) is 5.91 Å². The molecule has 1 atom stereocenters. The van der Waals surface area contributed by atoms with Crippen LogP contribution in [0.5, 0.6) is 0 Å². The van der Waals surface area contributed by atoms with Crippen molar-refractivity contribution >= 4 is 22.7 Å². The maximum Gasteiger partial charge on any atom is 0.254 e. The van der Waals surface area contributed by atoms with Crippen molar-refractivity contribution in [2.45, 2.75) is 32.3 Å². The molecular weight excluding hydrogens is 380 g/mol. The number of piperidine rings is 1. The van der Waals surface area contributed by atoms with E-state index in [1.165, 1.54) is 0 Å². The fraction of sp³-hybridized carbons (Fsp3) is 0.348. The summed E-state index contributed by atoms with van der Waals surface area (Å²) in [4.78, 5) is 26.7. The maximum atomic E-state index is 13.3. The van der Waals surface area contributed by atoms with E-state index >= 15 is 0 Å². The number of hydrogen-bond acceptors (Lipinski definition) is 4. The number of likely N-dealkylation sites (tertiary alicyclic amines) is 1. The molecule has 3 aromatic rings. The molecule has 7 nitrogen and oxygen atoms in total. The van der Waals surface area contributed by atoms with Crippen molar-refractivity contribution in [3.8, 4) is 11.1 Å². The van der Waals surface area contributed by atoms with E-state index in [1.807, 2.05) is 36.4 Å². The first-order valence-corrected chi connectivity index (χ1v) is 10.1. The van der Waals surface area contributed by atoms with Gasteiger partial charge in [-0.1, -0.05) is 24.3 Å². The minimum atomic E-state index is -0.918. The first kappa shape index (κ1) is 20.1. The molecule has 0 saturated carbocycles. The number of amides is 2. The first-order valence-electron chi connectivity index (χ1n) is 10.1. The Kier molecular flexibility index (Phi) is 5.07. The van der Waals surface area contributed by atoms with Crippen LogP contribution < -0.4 is 5.73 Å². The number of aliphatic hydroxyl groups is 1. The Morgan fingerprint density at radius 2 is 1.93 bits per heavy atom. The number of H-pyrrole nitrogens is 1. The Hall–Kier alpha value is -3.19. The number of nitrogens with one attached hydrogen (secondary N) is 1. The average molecular weight is 406 g/mol. The monoisotopic (exact) mass is 406 g/mol. The largest absolute Gasteiger partial charge is 0.386 e. The van der Waals surface area contributed by atoms with Crippen molar-refractivity contribution in [3.63, 3.8) is 0 Å². The van der Waals surface area contributed by atoms with E-state index < -0.39 is 5.60 Å². The lowest BCUT2D eigenvalue weighted by atomic mass is 9.93. The van der Waals surface area contributed by atoms with E-state index in [2.05, 4.69) is 10.2 Å². The summed E-state index contributed by atoms with van der Waals surface area (Å²) in [6.07, 6.45) is 3.12. The number of fused-ring (bicyclic) bond motifs is 1. The second-order valence-electron chi connectivity index (χ2n) is 8.48. The zero-order valence-electron chi connectivity index (χ0n) is 17.2. The van der Waals surface area contributed by atoms with Crippen molar-refractivity contribution in [3.05, 3.63) is 53.7 Å². The lowest BCUT2D eigenvalue weighted by Gasteiger charge is -2.31. The van der Waals surface area contributed by atoms with Crippen LogP contribution in [-0.4, -0.2) is 45.1 Å². The van der Waals surface area contributed by atoms with Gasteiger partial charge in [0.25, 0.3) is 5.91 Å². The summed E-state index contributed by atoms with van der Waals surface area (Å²) in [7, 11) is 0. The molecule has 0 aliphatic carbocycles. The Morgan fingerprint density at radius 3 is 2.60 bits per heavy atom. The number of nitrogens with two attached hydrogens (primary N) is 1. The van der Waals surface area contributed by atoms with Crippen molar-refractivity contribution in [1.29, 1.82) is 0 Å². The fourth-order valence-corrected chi connectivity index (χ4v) is 4.03. The van der Waals surface area contributed by atoms with Gasteiger partial charge in [0, 0.05) is 18.5 Å². The summed E-state index contributed by atoms with van der Waals surface area (Å²) in [6, 6.07) is 11.5. The number of hydrogen-bond donors (Lipinski definition) is 3. The van der Waals surface area contributed by atoms with Crippen LogP contribution in [0.4, 0.5) is 0 Å². The molecule has 4 rings (SSSR count). The van der Waals surface area contributed by atoms with Crippen LogP contribution in [0.1, 0.15) is 42.6 Å². The van der Waals surface area contributed by atoms with Crippen LogP contribution >= 0.6 is 0 Å². The van der Waals surface area contributed by atoms with Crippen LogP contribution in [0.3, 0.4) is 0 Å². The molecule has 1 aliphatic rings. The molecule has 2 aromatic carbocycles. The minimum absolute atomic E-state index is 0.123. The number of benzene rings is 2. The molecule has 2 amide bonds. The van der Waals surface area contributed by atoms with Gasteiger partial charge in [-0.25, -0.2) is 0 Å². The third-order valence-electron chi connectivity index (χ3n) is 5.82. The number of aromatic amines is 1. The first-order chi connectivity index (χ1) is 14.2. The molecular formula is C23H26N4O3. The number of primary amides is 1. The smallest absolute Gasteiger partial charge is 0.254 e. The lowest BCUT2D eigenvalue weighted by Crippen LogP contribution is -2.44. The number of nitrogens with zero attached hydrogens (tertiary/aromatic N) is 2. The Bertz CT molecular complexity index is 1100. The molecule has 1 aliphatic heterocycles. The predicted octanol–water partition coefficient (Wildman–Crippen LogP) is 2.79. The summed E-state index contributed by atoms with van der Waals surface area (Å²) in [6.45, 7) is 4.44. The summed E-state index contributed by atoms with van der Waals surface area (Å²) < 4.78 is 0. The van der Waals surface area contributed by atoms with Gasteiger partial charge in [-0.05, 0) is 55.5 Å². The SMILES string of the molecule is CC(C)(O)c1ccc(-c2cc(C(=O)N3CCCC(C(N)=O)C3)c3cn[nH]c3c2)cc1. The average Bonchev–Trinajstić information content (AvgIpc) is 3.21. The summed E-state index contributed by atoms with van der Waals surface area (Å²) in [5, 5.41) is 18.0. The standard InChI is InChI=1S/C23H26N4O3/c1-23(2,30)17-7-5-14(6-8-17)16-10-18(19-12-25-26-20(19)11-16)22(29)27-9-3-4-15(13-27)21(24)28/h5-8,10-12,15,30H,3-4,9,13H2,1-2H3,(H2,24,28)(H,25,26). The molecule has 0 spiro atoms.